The van der Waals surface area contributed by atoms with Gasteiger partial charge in [-0.3, -0.25) is 4.79 Å². The van der Waals surface area contributed by atoms with E-state index < -0.39 is 0 Å². The zero-order valence-electron chi connectivity index (χ0n) is 10.0. The van der Waals surface area contributed by atoms with E-state index in [0.29, 0.717) is 25.5 Å². The number of nitrogens with one attached hydrogen (secondary N) is 1. The summed E-state index contributed by atoms with van der Waals surface area (Å²) in [5.41, 5.74) is 0.195. The van der Waals surface area contributed by atoms with Crippen molar-refractivity contribution >= 4 is 5.91 Å². The Morgan fingerprint density at radius 2 is 2.24 bits per heavy atom. The van der Waals surface area contributed by atoms with E-state index in [1.807, 2.05) is 6.92 Å². The molecule has 0 aliphatic rings. The molecule has 0 bridgehead atoms. The summed E-state index contributed by atoms with van der Waals surface area (Å²) in [6, 6.07) is 4.51. The Labute approximate surface area is 100 Å². The fourth-order valence-corrected chi connectivity index (χ4v) is 1.30. The van der Waals surface area contributed by atoms with E-state index in [-0.39, 0.29) is 17.2 Å². The monoisotopic (exact) mass is 239 g/mol. The van der Waals surface area contributed by atoms with Crippen molar-refractivity contribution < 1.29 is 19.4 Å². The molecular weight excluding hydrogens is 222 g/mol. The Morgan fingerprint density at radius 1 is 1.47 bits per heavy atom. The number of hydrogen-bond donors (Lipinski definition) is 2. The van der Waals surface area contributed by atoms with Crippen molar-refractivity contribution in [2.45, 2.75) is 6.92 Å². The summed E-state index contributed by atoms with van der Waals surface area (Å²) in [5, 5.41) is 12.2. The first kappa shape index (κ1) is 13.3. The van der Waals surface area contributed by atoms with Gasteiger partial charge in [-0.2, -0.15) is 0 Å². The fourth-order valence-electron chi connectivity index (χ4n) is 1.30. The first-order valence-corrected chi connectivity index (χ1v) is 5.42. The van der Waals surface area contributed by atoms with E-state index in [4.69, 9.17) is 9.47 Å². The highest BCUT2D eigenvalue weighted by Gasteiger charge is 2.11. The molecular formula is C12H17NO4. The summed E-state index contributed by atoms with van der Waals surface area (Å²) in [4.78, 5) is 11.7. The average Bonchev–Trinajstić information content (AvgIpc) is 2.35. The molecule has 94 valence electrons. The average molecular weight is 239 g/mol. The van der Waals surface area contributed by atoms with Gasteiger partial charge in [-0.05, 0) is 25.1 Å². The first-order chi connectivity index (χ1) is 8.19. The molecule has 0 fully saturated rings. The van der Waals surface area contributed by atoms with Gasteiger partial charge in [-0.1, -0.05) is 0 Å². The third kappa shape index (κ3) is 3.96. The van der Waals surface area contributed by atoms with Crippen molar-refractivity contribution in [3.05, 3.63) is 23.8 Å². The molecule has 1 amide bonds. The van der Waals surface area contributed by atoms with Crippen LogP contribution in [0, 0.1) is 0 Å². The van der Waals surface area contributed by atoms with Gasteiger partial charge in [0.2, 0.25) is 0 Å². The maximum Gasteiger partial charge on any atom is 0.255 e. The van der Waals surface area contributed by atoms with Crippen LogP contribution in [0.25, 0.3) is 0 Å². The Hall–Kier alpha value is -1.75. The molecule has 1 rings (SSSR count). The van der Waals surface area contributed by atoms with Crippen LogP contribution in [0.5, 0.6) is 11.5 Å². The number of benzene rings is 1. The predicted octanol–water partition coefficient (Wildman–Crippen LogP) is 1.17. The number of carbonyl (C=O) groups is 1. The van der Waals surface area contributed by atoms with Gasteiger partial charge in [0.15, 0.2) is 0 Å². The molecule has 0 spiro atoms. The molecule has 0 heterocycles. The SMILES string of the molecule is CCOCCNC(=O)c1cc(OC)ccc1O. The molecule has 0 atom stereocenters. The third-order valence-electron chi connectivity index (χ3n) is 2.18. The zero-order valence-corrected chi connectivity index (χ0v) is 10.0. The first-order valence-electron chi connectivity index (χ1n) is 5.42. The molecule has 0 aromatic heterocycles. The van der Waals surface area contributed by atoms with Gasteiger partial charge in [0.05, 0.1) is 19.3 Å². The Balaban J connectivity index is 2.61. The van der Waals surface area contributed by atoms with Crippen LogP contribution in [0.2, 0.25) is 0 Å². The highest BCUT2D eigenvalue weighted by molar-refractivity contribution is 5.97. The number of rotatable bonds is 6. The van der Waals surface area contributed by atoms with Gasteiger partial charge in [0.1, 0.15) is 11.5 Å². The molecule has 0 saturated heterocycles. The molecule has 1 aromatic carbocycles. The summed E-state index contributed by atoms with van der Waals surface area (Å²) in [7, 11) is 1.50. The predicted molar refractivity (Wildman–Crippen MR) is 63.5 cm³/mol. The van der Waals surface area contributed by atoms with Gasteiger partial charge in [0.25, 0.3) is 5.91 Å². The van der Waals surface area contributed by atoms with E-state index >= 15 is 0 Å². The number of methoxy groups -OCH3 is 1. The summed E-state index contributed by atoms with van der Waals surface area (Å²) in [6.45, 7) is 3.35. The fraction of sp³-hybridized carbons (Fsp3) is 0.417. The van der Waals surface area contributed by atoms with Crippen molar-refractivity contribution in [3.63, 3.8) is 0 Å². The highest BCUT2D eigenvalue weighted by atomic mass is 16.5. The summed E-state index contributed by atoms with van der Waals surface area (Å²) in [5.74, 6) is 0.110. The standard InChI is InChI=1S/C12H17NO4/c1-3-17-7-6-13-12(15)10-8-9(16-2)4-5-11(10)14/h4-5,8,14H,3,6-7H2,1-2H3,(H,13,15). The van der Waals surface area contributed by atoms with Gasteiger partial charge in [-0.15, -0.1) is 0 Å². The van der Waals surface area contributed by atoms with E-state index in [2.05, 4.69) is 5.32 Å². The number of phenols is 1. The summed E-state index contributed by atoms with van der Waals surface area (Å²) >= 11 is 0. The van der Waals surface area contributed by atoms with E-state index in [9.17, 15) is 9.90 Å². The van der Waals surface area contributed by atoms with Gasteiger partial charge < -0.3 is 19.9 Å². The Morgan fingerprint density at radius 3 is 2.88 bits per heavy atom. The third-order valence-corrected chi connectivity index (χ3v) is 2.18. The number of phenolic OH excluding ortho intramolecular Hbond substituents is 1. The van der Waals surface area contributed by atoms with Crippen LogP contribution in [-0.4, -0.2) is 37.9 Å². The second-order valence-corrected chi connectivity index (χ2v) is 3.34. The van der Waals surface area contributed by atoms with Crippen molar-refractivity contribution in [3.8, 4) is 11.5 Å². The molecule has 0 saturated carbocycles. The molecule has 0 unspecified atom stereocenters. The number of aromatic hydroxyl groups is 1. The maximum absolute atomic E-state index is 11.7. The number of amides is 1. The van der Waals surface area contributed by atoms with Gasteiger partial charge in [-0.25, -0.2) is 0 Å². The Bertz CT molecular complexity index is 379. The van der Waals surface area contributed by atoms with Crippen molar-refractivity contribution in [2.24, 2.45) is 0 Å². The minimum Gasteiger partial charge on any atom is -0.507 e. The Kier molecular flexibility index (Phi) is 5.29. The molecule has 1 aromatic rings. The normalized spacial score (nSPS) is 10.0. The largest absolute Gasteiger partial charge is 0.507 e. The van der Waals surface area contributed by atoms with Crippen LogP contribution >= 0.6 is 0 Å². The minimum atomic E-state index is -0.346. The molecule has 17 heavy (non-hydrogen) atoms. The lowest BCUT2D eigenvalue weighted by Gasteiger charge is -2.08. The minimum absolute atomic E-state index is 0.0697. The molecule has 0 aliphatic carbocycles. The smallest absolute Gasteiger partial charge is 0.255 e. The topological polar surface area (TPSA) is 67.8 Å². The molecule has 2 N–H and O–H groups in total. The lowest BCUT2D eigenvalue weighted by molar-refractivity contribution is 0.0919. The van der Waals surface area contributed by atoms with Crippen LogP contribution in [0.4, 0.5) is 0 Å². The van der Waals surface area contributed by atoms with Crippen molar-refractivity contribution in [1.29, 1.82) is 0 Å². The summed E-state index contributed by atoms with van der Waals surface area (Å²) < 4.78 is 10.1. The molecule has 0 radical (unpaired) electrons. The van der Waals surface area contributed by atoms with Crippen molar-refractivity contribution in [1.82, 2.24) is 5.32 Å². The number of carbonyl (C=O) groups excluding carboxylic acids is 1. The summed E-state index contributed by atoms with van der Waals surface area (Å²) in [6.07, 6.45) is 0. The van der Waals surface area contributed by atoms with Gasteiger partial charge in [0, 0.05) is 13.2 Å². The van der Waals surface area contributed by atoms with Crippen LogP contribution in [-0.2, 0) is 4.74 Å². The van der Waals surface area contributed by atoms with Crippen LogP contribution in [0.3, 0.4) is 0 Å². The number of hydrogen-bond acceptors (Lipinski definition) is 4. The van der Waals surface area contributed by atoms with E-state index in [0.717, 1.165) is 0 Å². The van der Waals surface area contributed by atoms with E-state index in [1.54, 1.807) is 6.07 Å². The number of ether oxygens (including phenoxy) is 2. The molecule has 5 heteroatoms. The molecule has 0 aliphatic heterocycles. The quantitative estimate of drug-likeness (QED) is 0.731. The second kappa shape index (κ2) is 6.75. The van der Waals surface area contributed by atoms with Crippen LogP contribution < -0.4 is 10.1 Å². The molecule has 5 nitrogen and oxygen atoms in total. The van der Waals surface area contributed by atoms with Crippen molar-refractivity contribution in [2.75, 3.05) is 26.9 Å². The van der Waals surface area contributed by atoms with Gasteiger partial charge >= 0.3 is 0 Å². The lowest BCUT2D eigenvalue weighted by Crippen LogP contribution is -2.27. The highest BCUT2D eigenvalue weighted by Crippen LogP contribution is 2.22. The van der Waals surface area contributed by atoms with Crippen LogP contribution in [0.15, 0.2) is 18.2 Å². The maximum atomic E-state index is 11.7. The zero-order chi connectivity index (χ0) is 12.7. The second-order valence-electron chi connectivity index (χ2n) is 3.34. The lowest BCUT2D eigenvalue weighted by atomic mass is 10.2. The van der Waals surface area contributed by atoms with Crippen LogP contribution in [0.1, 0.15) is 17.3 Å². The van der Waals surface area contributed by atoms with E-state index in [1.165, 1.54) is 19.2 Å².